The number of carbonyl (C=O) groups excluding carboxylic acids is 2. The molecule has 1 N–H and O–H groups in total. The Morgan fingerprint density at radius 2 is 1.59 bits per heavy atom. The van der Waals surface area contributed by atoms with Crippen LogP contribution in [0.4, 0.5) is 10.5 Å². The summed E-state index contributed by atoms with van der Waals surface area (Å²) >= 11 is 0. The molecule has 0 radical (unpaired) electrons. The lowest BCUT2D eigenvalue weighted by molar-refractivity contribution is -0.158. The number of pyridine rings is 1. The van der Waals surface area contributed by atoms with E-state index in [-0.39, 0.29) is 11.3 Å². The zero-order valence-electron chi connectivity index (χ0n) is 20.5. The highest BCUT2D eigenvalue weighted by Crippen LogP contribution is 2.22. The van der Waals surface area contributed by atoms with E-state index >= 15 is 0 Å². The molecular weight excluding hydrogens is 436 g/mol. The van der Waals surface area contributed by atoms with Crippen molar-refractivity contribution in [2.24, 2.45) is 0 Å². The van der Waals surface area contributed by atoms with Crippen molar-refractivity contribution in [3.63, 3.8) is 0 Å². The molecule has 2 heterocycles. The maximum Gasteiger partial charge on any atom is 0.412 e. The van der Waals surface area contributed by atoms with E-state index in [2.05, 4.69) is 15.3 Å². The fourth-order valence-corrected chi connectivity index (χ4v) is 3.21. The summed E-state index contributed by atoms with van der Waals surface area (Å²) in [5.41, 5.74) is 0.130. The lowest BCUT2D eigenvalue weighted by Gasteiger charge is -2.24. The summed E-state index contributed by atoms with van der Waals surface area (Å²) in [6.45, 7) is 12.2. The van der Waals surface area contributed by atoms with Crippen molar-refractivity contribution >= 4 is 28.9 Å². The van der Waals surface area contributed by atoms with Crippen LogP contribution in [0.15, 0.2) is 47.4 Å². The van der Waals surface area contributed by atoms with Crippen molar-refractivity contribution in [1.29, 1.82) is 0 Å². The van der Waals surface area contributed by atoms with Gasteiger partial charge in [0, 0.05) is 17.4 Å². The molecule has 0 fully saturated rings. The molecule has 0 saturated heterocycles. The highest BCUT2D eigenvalue weighted by atomic mass is 16.6. The molecule has 2 aromatic heterocycles. The smallest absolute Gasteiger partial charge is 0.412 e. The number of nitrogens with one attached hydrogen (secondary N) is 1. The van der Waals surface area contributed by atoms with Gasteiger partial charge in [0.25, 0.3) is 5.56 Å². The van der Waals surface area contributed by atoms with Crippen LogP contribution in [-0.4, -0.2) is 37.8 Å². The van der Waals surface area contributed by atoms with Crippen LogP contribution >= 0.6 is 0 Å². The van der Waals surface area contributed by atoms with Gasteiger partial charge < -0.3 is 9.47 Å². The van der Waals surface area contributed by atoms with Gasteiger partial charge in [-0.25, -0.2) is 19.6 Å². The summed E-state index contributed by atoms with van der Waals surface area (Å²) in [5, 5.41) is 2.65. The third-order valence-electron chi connectivity index (χ3n) is 4.59. The summed E-state index contributed by atoms with van der Waals surface area (Å²) in [6, 6.07) is 9.15. The molecule has 1 amide bonds. The lowest BCUT2D eigenvalue weighted by atomic mass is 10.1. The number of aromatic nitrogens is 3. The van der Waals surface area contributed by atoms with Gasteiger partial charge in [-0.05, 0) is 72.7 Å². The quantitative estimate of drug-likeness (QED) is 0.554. The fourth-order valence-electron chi connectivity index (χ4n) is 3.21. The van der Waals surface area contributed by atoms with Gasteiger partial charge in [0.1, 0.15) is 28.5 Å². The molecule has 0 aliphatic carbocycles. The van der Waals surface area contributed by atoms with E-state index in [9.17, 15) is 14.4 Å². The first-order valence-electron chi connectivity index (χ1n) is 11.0. The minimum Gasteiger partial charge on any atom is -0.458 e. The Bertz CT molecular complexity index is 1270. The minimum atomic E-state index is -0.918. The summed E-state index contributed by atoms with van der Waals surface area (Å²) in [6.07, 6.45) is 0.960. The molecule has 1 aromatic carbocycles. The molecular formula is C25H30N4O5. The molecule has 3 aromatic rings. The number of anilines is 1. The third-order valence-corrected chi connectivity index (χ3v) is 4.59. The number of ether oxygens (including phenoxy) is 2. The predicted octanol–water partition coefficient (Wildman–Crippen LogP) is 4.71. The number of benzene rings is 1. The second-order valence-electron chi connectivity index (χ2n) is 9.90. The van der Waals surface area contributed by atoms with E-state index < -0.39 is 34.9 Å². The zero-order valence-corrected chi connectivity index (χ0v) is 20.5. The number of carbonyl (C=O) groups is 2. The summed E-state index contributed by atoms with van der Waals surface area (Å²) in [7, 11) is 0. The van der Waals surface area contributed by atoms with Crippen molar-refractivity contribution in [1.82, 2.24) is 14.5 Å². The second-order valence-corrected chi connectivity index (χ2v) is 9.90. The molecule has 0 saturated carbocycles. The molecule has 9 nitrogen and oxygen atoms in total. The van der Waals surface area contributed by atoms with Gasteiger partial charge in [0.15, 0.2) is 5.65 Å². The molecule has 34 heavy (non-hydrogen) atoms. The lowest BCUT2D eigenvalue weighted by Crippen LogP contribution is -2.35. The molecule has 0 unspecified atom stereocenters. The van der Waals surface area contributed by atoms with Gasteiger partial charge in [0.05, 0.1) is 0 Å². The molecule has 0 aliphatic rings. The van der Waals surface area contributed by atoms with Crippen molar-refractivity contribution in [2.45, 2.75) is 65.7 Å². The van der Waals surface area contributed by atoms with Crippen LogP contribution in [0.25, 0.3) is 22.4 Å². The predicted molar refractivity (Wildman–Crippen MR) is 130 cm³/mol. The third kappa shape index (κ3) is 5.98. The van der Waals surface area contributed by atoms with Gasteiger partial charge in [0.2, 0.25) is 0 Å². The molecule has 3 rings (SSSR count). The van der Waals surface area contributed by atoms with Gasteiger partial charge in [-0.3, -0.25) is 14.7 Å². The summed E-state index contributed by atoms with van der Waals surface area (Å²) in [5.74, 6) is -0.546. The SMILES string of the molecule is C[C@@H](C(=O)OC(C)(C)C)n1c(=O)c(-c2ccc(NC(=O)OC(C)(C)C)cc2)nc2cccnc21. The van der Waals surface area contributed by atoms with Crippen molar-refractivity contribution in [3.8, 4) is 11.3 Å². The van der Waals surface area contributed by atoms with Crippen LogP contribution in [0.2, 0.25) is 0 Å². The van der Waals surface area contributed by atoms with Crippen LogP contribution < -0.4 is 10.9 Å². The van der Waals surface area contributed by atoms with Crippen molar-refractivity contribution in [2.75, 3.05) is 5.32 Å². The van der Waals surface area contributed by atoms with Crippen LogP contribution in [0.1, 0.15) is 54.5 Å². The number of esters is 1. The highest BCUT2D eigenvalue weighted by Gasteiger charge is 2.27. The Kier molecular flexibility index (Phi) is 6.77. The molecule has 9 heteroatoms. The number of nitrogens with zero attached hydrogens (tertiary/aromatic N) is 3. The van der Waals surface area contributed by atoms with E-state index in [0.717, 1.165) is 0 Å². The van der Waals surface area contributed by atoms with Gasteiger partial charge in [-0.15, -0.1) is 0 Å². The Balaban J connectivity index is 2.01. The fraction of sp³-hybridized carbons (Fsp3) is 0.400. The number of fused-ring (bicyclic) bond motifs is 1. The van der Waals surface area contributed by atoms with Crippen molar-refractivity contribution < 1.29 is 19.1 Å². The Morgan fingerprint density at radius 1 is 0.971 bits per heavy atom. The molecule has 180 valence electrons. The molecule has 0 aliphatic heterocycles. The van der Waals surface area contributed by atoms with Gasteiger partial charge in [-0.1, -0.05) is 12.1 Å². The van der Waals surface area contributed by atoms with E-state index in [4.69, 9.17) is 9.47 Å². The monoisotopic (exact) mass is 466 g/mol. The average molecular weight is 467 g/mol. The first kappa shape index (κ1) is 24.9. The number of amides is 1. The maximum atomic E-state index is 13.5. The Labute approximate surface area is 198 Å². The van der Waals surface area contributed by atoms with E-state index in [1.54, 1.807) is 91.1 Å². The van der Waals surface area contributed by atoms with E-state index in [1.807, 2.05) is 0 Å². The average Bonchev–Trinajstić information content (AvgIpc) is 2.71. The number of hydrogen-bond acceptors (Lipinski definition) is 7. The van der Waals surface area contributed by atoms with Crippen LogP contribution in [0.5, 0.6) is 0 Å². The Hall–Kier alpha value is -3.75. The number of hydrogen-bond donors (Lipinski definition) is 1. The number of rotatable bonds is 4. The van der Waals surface area contributed by atoms with Gasteiger partial charge in [-0.2, -0.15) is 0 Å². The second kappa shape index (κ2) is 9.24. The largest absolute Gasteiger partial charge is 0.458 e. The van der Waals surface area contributed by atoms with Crippen LogP contribution in [-0.2, 0) is 14.3 Å². The van der Waals surface area contributed by atoms with E-state index in [0.29, 0.717) is 16.8 Å². The standard InChI is InChI=1S/C25H30N4O5/c1-15(22(31)33-24(2,3)4)29-20-18(9-8-14-26-20)28-19(21(29)30)16-10-12-17(13-11-16)27-23(32)34-25(5,6)7/h8-15H,1-7H3,(H,27,32)/t15-/m0/s1. The van der Waals surface area contributed by atoms with Crippen LogP contribution in [0.3, 0.4) is 0 Å². The minimum absolute atomic E-state index is 0.153. The molecule has 1 atom stereocenters. The van der Waals surface area contributed by atoms with Crippen LogP contribution in [0, 0.1) is 0 Å². The summed E-state index contributed by atoms with van der Waals surface area (Å²) in [4.78, 5) is 47.0. The maximum absolute atomic E-state index is 13.5. The first-order chi connectivity index (χ1) is 15.7. The highest BCUT2D eigenvalue weighted by molar-refractivity contribution is 5.85. The normalized spacial score (nSPS) is 12.8. The topological polar surface area (TPSA) is 112 Å². The van der Waals surface area contributed by atoms with Gasteiger partial charge >= 0.3 is 12.1 Å². The Morgan fingerprint density at radius 3 is 2.18 bits per heavy atom. The molecule has 0 bridgehead atoms. The first-order valence-corrected chi connectivity index (χ1v) is 11.0. The zero-order chi connectivity index (χ0) is 25.3. The summed E-state index contributed by atoms with van der Waals surface area (Å²) < 4.78 is 12.1. The van der Waals surface area contributed by atoms with Crippen molar-refractivity contribution in [3.05, 3.63) is 52.9 Å². The van der Waals surface area contributed by atoms with E-state index in [1.165, 1.54) is 4.57 Å². The molecule has 0 spiro atoms.